The van der Waals surface area contributed by atoms with Crippen LogP contribution in [0.4, 0.5) is 0 Å². The maximum Gasteiger partial charge on any atom is 0.472 e. The predicted octanol–water partition coefficient (Wildman–Crippen LogP) is 22.3. The Balaban J connectivity index is 5.14. The van der Waals surface area contributed by atoms with Gasteiger partial charge >= 0.3 is 13.8 Å². The summed E-state index contributed by atoms with van der Waals surface area (Å²) in [6.45, 7) is 6.99. The van der Waals surface area contributed by atoms with E-state index < -0.39 is 20.0 Å². The second-order valence-corrected chi connectivity index (χ2v) is 26.5. The summed E-state index contributed by atoms with van der Waals surface area (Å²) < 4.78 is 30.8. The molecule has 0 rings (SSSR count). The first-order chi connectivity index (χ1) is 40.4. The van der Waals surface area contributed by atoms with Crippen molar-refractivity contribution in [3.63, 3.8) is 0 Å². The van der Waals surface area contributed by atoms with Gasteiger partial charge in [-0.3, -0.25) is 18.6 Å². The lowest BCUT2D eigenvalue weighted by Gasteiger charge is -2.27. The van der Waals surface area contributed by atoms with Crippen molar-refractivity contribution in [2.24, 2.45) is 0 Å². The maximum atomic E-state index is 13.6. The molecule has 0 fully saturated rings. The zero-order valence-electron chi connectivity index (χ0n) is 55.4. The maximum absolute atomic E-state index is 13.6. The van der Waals surface area contributed by atoms with Gasteiger partial charge in [-0.25, -0.2) is 4.57 Å². The fourth-order valence-corrected chi connectivity index (χ4v) is 10.9. The quantitative estimate of drug-likeness (QED) is 0.0205. The number of phosphoric acid groups is 1. The van der Waals surface area contributed by atoms with Crippen LogP contribution in [0, 0.1) is 0 Å². The van der Waals surface area contributed by atoms with Gasteiger partial charge in [-0.2, -0.15) is 0 Å². The number of rotatable bonds is 64. The van der Waals surface area contributed by atoms with Crippen molar-refractivity contribution in [2.45, 2.75) is 341 Å². The highest BCUT2D eigenvalue weighted by atomic mass is 31.2. The van der Waals surface area contributed by atoms with E-state index in [4.69, 9.17) is 13.8 Å². The van der Waals surface area contributed by atoms with Crippen molar-refractivity contribution < 1.29 is 37.3 Å². The molecule has 484 valence electrons. The first kappa shape index (κ1) is 80.5. The Hall–Kier alpha value is -2.55. The number of phosphoric ester groups is 1. The van der Waals surface area contributed by atoms with E-state index in [1.54, 1.807) is 0 Å². The molecule has 0 heterocycles. The summed E-state index contributed by atoms with van der Waals surface area (Å²) in [5.41, 5.74) is 0. The Labute approximate surface area is 514 Å². The van der Waals surface area contributed by atoms with Crippen molar-refractivity contribution in [3.8, 4) is 0 Å². The molecule has 10 heteroatoms. The van der Waals surface area contributed by atoms with Crippen LogP contribution in [0.25, 0.3) is 0 Å². The van der Waals surface area contributed by atoms with Gasteiger partial charge in [0, 0.05) is 12.8 Å². The summed E-state index contributed by atoms with van der Waals surface area (Å²) in [4.78, 5) is 37.9. The number of esters is 1. The molecule has 0 aromatic rings. The highest BCUT2D eigenvalue weighted by Crippen LogP contribution is 2.43. The van der Waals surface area contributed by atoms with Crippen molar-refractivity contribution in [1.29, 1.82) is 0 Å². The lowest BCUT2D eigenvalue weighted by atomic mass is 10.0. The molecule has 0 aromatic carbocycles. The Morgan fingerprint density at radius 2 is 0.735 bits per heavy atom. The van der Waals surface area contributed by atoms with E-state index in [2.05, 4.69) is 86.8 Å². The van der Waals surface area contributed by atoms with E-state index in [1.165, 1.54) is 205 Å². The molecule has 83 heavy (non-hydrogen) atoms. The van der Waals surface area contributed by atoms with Crippen molar-refractivity contribution in [2.75, 3.05) is 40.9 Å². The third-order valence-electron chi connectivity index (χ3n) is 15.6. The minimum absolute atomic E-state index is 0.0376. The molecule has 0 aliphatic heterocycles. The molecule has 1 amide bonds. The Morgan fingerprint density at radius 1 is 0.422 bits per heavy atom. The third-order valence-corrected chi connectivity index (χ3v) is 16.6. The van der Waals surface area contributed by atoms with Crippen molar-refractivity contribution in [1.82, 2.24) is 5.32 Å². The minimum atomic E-state index is -4.46. The summed E-state index contributed by atoms with van der Waals surface area (Å²) in [6.07, 6.45) is 81.9. The van der Waals surface area contributed by atoms with Crippen LogP contribution in [-0.4, -0.2) is 74.3 Å². The average Bonchev–Trinajstić information content (AvgIpc) is 3.47. The van der Waals surface area contributed by atoms with Crippen LogP contribution in [0.2, 0.25) is 0 Å². The fourth-order valence-electron chi connectivity index (χ4n) is 10.2. The topological polar surface area (TPSA) is 111 Å². The molecule has 0 aliphatic carbocycles. The van der Waals surface area contributed by atoms with E-state index in [9.17, 15) is 19.0 Å². The van der Waals surface area contributed by atoms with Crippen LogP contribution in [0.15, 0.2) is 72.9 Å². The highest BCUT2D eigenvalue weighted by Gasteiger charge is 2.30. The standard InChI is InChI=1S/C73H135N2O7P/c1-7-10-13-16-19-22-25-28-30-32-34-36-37-39-40-42-44-47-50-53-56-59-62-65-72(76)74-70(69-81-83(78,79)80-68-67-75(4,5)6)71(64-61-58-55-52-49-46-27-24-21-18-15-12-9-3)82-73(77)66-63-60-57-54-51-48-45-43-41-38-35-33-31-29-26-23-20-17-14-11-8-2/h19-20,22-23,28-31,35,38,61,64,70-71H,7-18,21,24-27,32-34,36-37,39-60,62-63,65-69H2,1-6H3,(H-,74,76,78,79)/p+1/b22-19-,23-20-,30-28-,31-29-,38-35-,64-61+. The number of allylic oxidation sites excluding steroid dienone is 11. The number of nitrogens with zero attached hydrogens (tertiary/aromatic N) is 1. The number of carbonyl (C=O) groups is 2. The second-order valence-electron chi connectivity index (χ2n) is 25.0. The van der Waals surface area contributed by atoms with Gasteiger partial charge < -0.3 is 19.4 Å². The van der Waals surface area contributed by atoms with E-state index >= 15 is 0 Å². The molecular weight excluding hydrogens is 1050 g/mol. The molecule has 0 aliphatic rings. The number of unbranched alkanes of at least 4 members (excludes halogenated alkanes) is 38. The SMILES string of the molecule is CCCCC/C=C\C/C=C\C/C=C\CCCCCCCCCCC(=O)OC(/C=C/CCCCCCCCCCCCC)C(COP(=O)(O)OCC[N+](C)(C)C)NC(=O)CCCCCCCCCCCCCCC/C=C\C/C=C\CCCCC. The number of hydrogen-bond donors (Lipinski definition) is 2. The molecule has 0 saturated heterocycles. The Kier molecular flexibility index (Phi) is 60.6. The summed E-state index contributed by atoms with van der Waals surface area (Å²) in [7, 11) is 1.49. The number of nitrogens with one attached hydrogen (secondary N) is 1. The largest absolute Gasteiger partial charge is 0.472 e. The molecule has 0 spiro atoms. The predicted molar refractivity (Wildman–Crippen MR) is 360 cm³/mol. The van der Waals surface area contributed by atoms with Crippen molar-refractivity contribution in [3.05, 3.63) is 72.9 Å². The zero-order valence-corrected chi connectivity index (χ0v) is 56.3. The number of carbonyl (C=O) groups excluding carboxylic acids is 2. The average molecular weight is 1180 g/mol. The van der Waals surface area contributed by atoms with Gasteiger partial charge in [-0.05, 0) is 102 Å². The monoisotopic (exact) mass is 1180 g/mol. The van der Waals surface area contributed by atoms with E-state index in [-0.39, 0.29) is 31.5 Å². The van der Waals surface area contributed by atoms with Gasteiger partial charge in [0.2, 0.25) is 5.91 Å². The van der Waals surface area contributed by atoms with Gasteiger partial charge in [0.25, 0.3) is 0 Å². The van der Waals surface area contributed by atoms with E-state index in [0.717, 1.165) is 89.9 Å². The van der Waals surface area contributed by atoms with Crippen LogP contribution in [0.5, 0.6) is 0 Å². The first-order valence-electron chi connectivity index (χ1n) is 35.3. The molecule has 2 N–H and O–H groups in total. The van der Waals surface area contributed by atoms with Crippen LogP contribution < -0.4 is 5.32 Å². The van der Waals surface area contributed by atoms with E-state index in [1.807, 2.05) is 33.3 Å². The van der Waals surface area contributed by atoms with Crippen LogP contribution in [0.1, 0.15) is 329 Å². The van der Waals surface area contributed by atoms with E-state index in [0.29, 0.717) is 17.4 Å². The third kappa shape index (κ3) is 63.8. The molecular formula is C73H136N2O7P+. The molecule has 9 nitrogen and oxygen atoms in total. The normalized spacial score (nSPS) is 14.0. The van der Waals surface area contributed by atoms with Gasteiger partial charge in [0.1, 0.15) is 19.3 Å². The van der Waals surface area contributed by atoms with Gasteiger partial charge in [0.05, 0.1) is 33.8 Å². The Morgan fingerprint density at radius 3 is 1.12 bits per heavy atom. The molecule has 0 bridgehead atoms. The molecule has 0 radical (unpaired) electrons. The Bertz CT molecular complexity index is 1650. The number of quaternary nitrogens is 1. The fraction of sp³-hybridized carbons (Fsp3) is 0.808. The number of ether oxygens (including phenoxy) is 1. The molecule has 0 aromatic heterocycles. The minimum Gasteiger partial charge on any atom is -0.456 e. The summed E-state index contributed by atoms with van der Waals surface area (Å²) in [5, 5.41) is 3.07. The number of likely N-dealkylation sites (N-methyl/N-ethyl adjacent to an activating group) is 1. The lowest BCUT2D eigenvalue weighted by molar-refractivity contribution is -0.870. The smallest absolute Gasteiger partial charge is 0.456 e. The van der Waals surface area contributed by atoms with Crippen molar-refractivity contribution >= 4 is 19.7 Å². The molecule has 3 atom stereocenters. The van der Waals surface area contributed by atoms with Crippen LogP contribution in [0.3, 0.4) is 0 Å². The summed E-state index contributed by atoms with van der Waals surface area (Å²) in [6, 6.07) is -0.855. The number of amides is 1. The van der Waals surface area contributed by atoms with Crippen LogP contribution in [-0.2, 0) is 27.9 Å². The van der Waals surface area contributed by atoms with Crippen LogP contribution >= 0.6 is 7.82 Å². The first-order valence-corrected chi connectivity index (χ1v) is 36.8. The number of hydrogen-bond acceptors (Lipinski definition) is 6. The lowest BCUT2D eigenvalue weighted by Crippen LogP contribution is -2.47. The molecule has 3 unspecified atom stereocenters. The zero-order chi connectivity index (χ0) is 60.7. The highest BCUT2D eigenvalue weighted by molar-refractivity contribution is 7.47. The van der Waals surface area contributed by atoms with Gasteiger partial charge in [-0.1, -0.05) is 287 Å². The molecule has 0 saturated carbocycles. The van der Waals surface area contributed by atoms with Gasteiger partial charge in [-0.15, -0.1) is 0 Å². The summed E-state index contributed by atoms with van der Waals surface area (Å²) in [5.74, 6) is -0.505. The second kappa shape index (κ2) is 62.5. The summed E-state index contributed by atoms with van der Waals surface area (Å²) >= 11 is 0. The van der Waals surface area contributed by atoms with Gasteiger partial charge in [0.15, 0.2) is 0 Å².